The number of aromatic nitrogens is 3. The van der Waals surface area contributed by atoms with Crippen LogP contribution in [-0.2, 0) is 20.9 Å². The predicted octanol–water partition coefficient (Wildman–Crippen LogP) is 6.74. The lowest BCUT2D eigenvalue weighted by molar-refractivity contribution is 0.191. The zero-order valence-electron chi connectivity index (χ0n) is 24.7. The Labute approximate surface area is 251 Å². The number of nitrogens with one attached hydrogen (secondary N) is 3. The third-order valence-electron chi connectivity index (χ3n) is 6.01. The number of halogens is 1. The van der Waals surface area contributed by atoms with Gasteiger partial charge in [0.1, 0.15) is 0 Å². The number of carbonyl (C=O) groups is 1. The van der Waals surface area contributed by atoms with Crippen LogP contribution in [0.3, 0.4) is 0 Å². The van der Waals surface area contributed by atoms with E-state index in [0.717, 1.165) is 15.4 Å². The highest BCUT2D eigenvalue weighted by Crippen LogP contribution is 2.46. The van der Waals surface area contributed by atoms with Gasteiger partial charge in [-0.3, -0.25) is 4.72 Å². The zero-order chi connectivity index (χ0) is 30.8. The van der Waals surface area contributed by atoms with Gasteiger partial charge in [-0.2, -0.15) is 0 Å². The summed E-state index contributed by atoms with van der Waals surface area (Å²) in [5, 5.41) is 15.7. The lowest BCUT2D eigenvalue weighted by atomic mass is 9.86. The molecule has 3 aromatic rings. The molecule has 13 heteroatoms. The summed E-state index contributed by atoms with van der Waals surface area (Å²) in [6.07, 6.45) is 1.14. The van der Waals surface area contributed by atoms with E-state index in [4.69, 9.17) is 26.7 Å². The number of anilines is 2. The smallest absolute Gasteiger partial charge is 0.404 e. The van der Waals surface area contributed by atoms with Gasteiger partial charge in [0.15, 0.2) is 0 Å². The Morgan fingerprint density at radius 3 is 2.37 bits per heavy atom. The number of thiazole rings is 1. The van der Waals surface area contributed by atoms with Crippen LogP contribution in [-0.4, -0.2) is 52.9 Å². The van der Waals surface area contributed by atoms with Crippen LogP contribution in [0.25, 0.3) is 21.8 Å². The molecule has 0 aliphatic carbocycles. The first kappa shape index (κ1) is 32.6. The summed E-state index contributed by atoms with van der Waals surface area (Å²) in [5.41, 5.74) is 2.42. The maximum absolute atomic E-state index is 12.5. The van der Waals surface area contributed by atoms with Crippen LogP contribution in [0.2, 0.25) is 5.02 Å². The van der Waals surface area contributed by atoms with Crippen LogP contribution >= 0.6 is 22.9 Å². The molecule has 1 atom stereocenters. The fourth-order valence-corrected chi connectivity index (χ4v) is 6.56. The Bertz CT molecular complexity index is 1510. The number of carboxylic acid groups (broad SMARTS) is 1. The molecule has 2 aromatic heterocycles. The van der Waals surface area contributed by atoms with Gasteiger partial charge in [-0.15, -0.1) is 11.3 Å². The SMILES string of the molecule is CCCS(=O)(=O)Nc1cccc(-c2nc(C(C)(C)C)sc2-c2nc(NCC(C)NC(=O)O)ncc2C(C)(C)C)c1Cl. The van der Waals surface area contributed by atoms with Crippen LogP contribution in [0.1, 0.15) is 72.4 Å². The van der Waals surface area contributed by atoms with Crippen molar-refractivity contribution in [1.29, 1.82) is 0 Å². The largest absolute Gasteiger partial charge is 0.465 e. The number of rotatable bonds is 10. The normalized spacial score (nSPS) is 13.1. The fourth-order valence-electron chi connectivity index (χ4n) is 3.96. The van der Waals surface area contributed by atoms with Crippen molar-refractivity contribution in [3.63, 3.8) is 0 Å². The standard InChI is InChI=1S/C28H39ClN6O4S2/c1-9-13-41(38,39)35-19-12-10-11-17(20(19)29)21-23(40-24(33-21)28(6,7)8)22-18(27(3,4)5)15-31-25(34-22)30-14-16(2)32-26(36)37/h10-12,15-16,32,35H,9,13-14H2,1-8H3,(H,36,37)(H,30,31,34). The molecular formula is C28H39ClN6O4S2. The molecule has 2 heterocycles. The fraction of sp³-hybridized carbons (Fsp3) is 0.500. The van der Waals surface area contributed by atoms with Crippen molar-refractivity contribution >= 4 is 50.7 Å². The highest BCUT2D eigenvalue weighted by atomic mass is 35.5. The van der Waals surface area contributed by atoms with E-state index in [2.05, 4.69) is 61.9 Å². The molecule has 224 valence electrons. The molecule has 0 fully saturated rings. The van der Waals surface area contributed by atoms with Crippen LogP contribution < -0.4 is 15.4 Å². The number of benzene rings is 1. The monoisotopic (exact) mass is 622 g/mol. The summed E-state index contributed by atoms with van der Waals surface area (Å²) in [5.74, 6) is 0.325. The van der Waals surface area contributed by atoms with Crippen molar-refractivity contribution in [1.82, 2.24) is 20.3 Å². The molecule has 4 N–H and O–H groups in total. The van der Waals surface area contributed by atoms with E-state index in [1.165, 1.54) is 11.3 Å². The van der Waals surface area contributed by atoms with Crippen molar-refractivity contribution < 1.29 is 18.3 Å². The Balaban J connectivity index is 2.22. The maximum Gasteiger partial charge on any atom is 0.404 e. The van der Waals surface area contributed by atoms with E-state index in [1.54, 1.807) is 32.2 Å². The third-order valence-corrected chi connectivity index (χ3v) is 9.38. The Morgan fingerprint density at radius 1 is 1.10 bits per heavy atom. The summed E-state index contributed by atoms with van der Waals surface area (Å²) >= 11 is 8.36. The van der Waals surface area contributed by atoms with Crippen molar-refractivity contribution in [3.8, 4) is 21.8 Å². The van der Waals surface area contributed by atoms with Gasteiger partial charge in [0.25, 0.3) is 0 Å². The van der Waals surface area contributed by atoms with Gasteiger partial charge >= 0.3 is 6.09 Å². The van der Waals surface area contributed by atoms with Crippen molar-refractivity contribution in [2.75, 3.05) is 22.3 Å². The average Bonchev–Trinajstić information content (AvgIpc) is 3.28. The molecule has 0 bridgehead atoms. The molecule has 10 nitrogen and oxygen atoms in total. The molecule has 0 saturated carbocycles. The minimum absolute atomic E-state index is 0.0179. The van der Waals surface area contributed by atoms with Crippen molar-refractivity contribution in [3.05, 3.63) is 40.0 Å². The second kappa shape index (κ2) is 12.5. The summed E-state index contributed by atoms with van der Waals surface area (Å²) in [6, 6.07) is 4.84. The minimum Gasteiger partial charge on any atom is -0.465 e. The van der Waals surface area contributed by atoms with Crippen molar-refractivity contribution in [2.45, 2.75) is 78.7 Å². The summed E-state index contributed by atoms with van der Waals surface area (Å²) in [4.78, 5) is 26.2. The highest BCUT2D eigenvalue weighted by Gasteiger charge is 2.30. The Hall–Kier alpha value is -2.96. The molecule has 1 amide bonds. The third kappa shape index (κ3) is 8.30. The van der Waals surface area contributed by atoms with E-state index in [9.17, 15) is 13.2 Å². The van der Waals surface area contributed by atoms with E-state index in [-0.39, 0.29) is 39.9 Å². The topological polar surface area (TPSA) is 146 Å². The quantitative estimate of drug-likeness (QED) is 0.194. The minimum atomic E-state index is -3.56. The van der Waals surface area contributed by atoms with Gasteiger partial charge in [-0.1, -0.05) is 72.2 Å². The van der Waals surface area contributed by atoms with Gasteiger partial charge < -0.3 is 15.7 Å². The second-order valence-electron chi connectivity index (χ2n) is 12.0. The summed E-state index contributed by atoms with van der Waals surface area (Å²) in [6.45, 7) is 16.3. The average molecular weight is 623 g/mol. The van der Waals surface area contributed by atoms with Gasteiger partial charge in [0.2, 0.25) is 16.0 Å². The summed E-state index contributed by atoms with van der Waals surface area (Å²) < 4.78 is 27.7. The van der Waals surface area contributed by atoms with E-state index >= 15 is 0 Å². The van der Waals surface area contributed by atoms with Gasteiger partial charge in [0, 0.05) is 35.3 Å². The number of sulfonamides is 1. The second-order valence-corrected chi connectivity index (χ2v) is 15.2. The van der Waals surface area contributed by atoms with Gasteiger partial charge in [0.05, 0.1) is 37.7 Å². The first-order chi connectivity index (χ1) is 18.9. The molecule has 1 aromatic carbocycles. The van der Waals surface area contributed by atoms with E-state index < -0.39 is 16.1 Å². The first-order valence-corrected chi connectivity index (χ1v) is 16.2. The molecule has 1 unspecified atom stereocenters. The number of amides is 1. The lowest BCUT2D eigenvalue weighted by Gasteiger charge is -2.22. The number of nitrogens with zero attached hydrogens (tertiary/aromatic N) is 3. The summed E-state index contributed by atoms with van der Waals surface area (Å²) in [7, 11) is -3.56. The van der Waals surface area contributed by atoms with E-state index in [1.807, 2.05) is 6.07 Å². The Morgan fingerprint density at radius 2 is 1.78 bits per heavy atom. The molecular weight excluding hydrogens is 584 g/mol. The van der Waals surface area contributed by atoms with Gasteiger partial charge in [-0.25, -0.2) is 28.2 Å². The zero-order valence-corrected chi connectivity index (χ0v) is 27.1. The van der Waals surface area contributed by atoms with Crippen molar-refractivity contribution in [2.24, 2.45) is 0 Å². The number of hydrogen-bond donors (Lipinski definition) is 4. The van der Waals surface area contributed by atoms with Crippen LogP contribution in [0.5, 0.6) is 0 Å². The van der Waals surface area contributed by atoms with Crippen LogP contribution in [0.15, 0.2) is 24.4 Å². The van der Waals surface area contributed by atoms with Gasteiger partial charge in [-0.05, 0) is 24.8 Å². The lowest BCUT2D eigenvalue weighted by Crippen LogP contribution is -2.36. The number of hydrogen-bond acceptors (Lipinski definition) is 8. The molecule has 0 aliphatic heterocycles. The maximum atomic E-state index is 12.5. The predicted molar refractivity (Wildman–Crippen MR) is 168 cm³/mol. The van der Waals surface area contributed by atoms with E-state index in [0.29, 0.717) is 29.3 Å². The molecule has 0 radical (unpaired) electrons. The van der Waals surface area contributed by atoms with Crippen LogP contribution in [0.4, 0.5) is 16.4 Å². The first-order valence-electron chi connectivity index (χ1n) is 13.3. The molecule has 3 rings (SSSR count). The Kier molecular flexibility index (Phi) is 9.92. The highest BCUT2D eigenvalue weighted by molar-refractivity contribution is 7.92. The molecule has 41 heavy (non-hydrogen) atoms. The molecule has 0 spiro atoms. The molecule has 0 aliphatic rings. The van der Waals surface area contributed by atoms with Crippen LogP contribution in [0, 0.1) is 0 Å². The molecule has 0 saturated heterocycles.